The van der Waals surface area contributed by atoms with Crippen molar-refractivity contribution < 1.29 is 9.53 Å². The van der Waals surface area contributed by atoms with E-state index >= 15 is 0 Å². The molecule has 0 aliphatic heterocycles. The summed E-state index contributed by atoms with van der Waals surface area (Å²) in [6, 6.07) is 0. The maximum absolute atomic E-state index is 11.4. The summed E-state index contributed by atoms with van der Waals surface area (Å²) in [5.74, 6) is 0.186. The molecule has 0 saturated carbocycles. The average molecular weight is 215 g/mol. The Kier molecular flexibility index (Phi) is 6.57. The Hall–Kier alpha value is -0.570. The van der Waals surface area contributed by atoms with E-state index in [0.29, 0.717) is 12.5 Å². The van der Waals surface area contributed by atoms with Crippen LogP contribution in [0.25, 0.3) is 0 Å². The molecule has 0 aromatic rings. The van der Waals surface area contributed by atoms with Crippen LogP contribution in [0.5, 0.6) is 0 Å². The maximum Gasteiger partial charge on any atom is 0.325 e. The van der Waals surface area contributed by atoms with Gasteiger partial charge in [0.1, 0.15) is 5.54 Å². The zero-order valence-corrected chi connectivity index (χ0v) is 10.5. The second-order valence-corrected chi connectivity index (χ2v) is 4.76. The van der Waals surface area contributed by atoms with Crippen molar-refractivity contribution in [3.05, 3.63) is 0 Å². The van der Waals surface area contributed by atoms with E-state index in [1.54, 1.807) is 13.8 Å². The molecular weight excluding hydrogens is 190 g/mol. The zero-order valence-electron chi connectivity index (χ0n) is 10.5. The fourth-order valence-electron chi connectivity index (χ4n) is 1.51. The first-order valence-corrected chi connectivity index (χ1v) is 5.87. The molecule has 0 amide bonds. The lowest BCUT2D eigenvalue weighted by Gasteiger charge is -2.20. The van der Waals surface area contributed by atoms with Crippen molar-refractivity contribution in [2.75, 3.05) is 6.61 Å². The highest BCUT2D eigenvalue weighted by atomic mass is 16.5. The Labute approximate surface area is 93.4 Å². The number of esters is 1. The summed E-state index contributed by atoms with van der Waals surface area (Å²) in [4.78, 5) is 11.4. The van der Waals surface area contributed by atoms with Gasteiger partial charge in [0.25, 0.3) is 0 Å². The van der Waals surface area contributed by atoms with Gasteiger partial charge in [-0.15, -0.1) is 0 Å². The van der Waals surface area contributed by atoms with Gasteiger partial charge >= 0.3 is 5.97 Å². The molecule has 3 heteroatoms. The largest absolute Gasteiger partial charge is 0.464 e. The normalized spacial score (nSPS) is 11.9. The first kappa shape index (κ1) is 14.4. The topological polar surface area (TPSA) is 52.3 Å². The van der Waals surface area contributed by atoms with Crippen LogP contribution in [0.2, 0.25) is 0 Å². The van der Waals surface area contributed by atoms with E-state index in [2.05, 4.69) is 13.8 Å². The third-order valence-corrected chi connectivity index (χ3v) is 2.37. The molecule has 0 bridgehead atoms. The van der Waals surface area contributed by atoms with Crippen LogP contribution < -0.4 is 5.73 Å². The predicted molar refractivity (Wildman–Crippen MR) is 62.5 cm³/mol. The van der Waals surface area contributed by atoms with E-state index in [0.717, 1.165) is 25.7 Å². The molecule has 0 saturated heterocycles. The third kappa shape index (κ3) is 6.50. The van der Waals surface area contributed by atoms with E-state index in [4.69, 9.17) is 10.5 Å². The van der Waals surface area contributed by atoms with Crippen molar-refractivity contribution in [3.8, 4) is 0 Å². The van der Waals surface area contributed by atoms with Crippen LogP contribution in [-0.2, 0) is 9.53 Å². The number of hydrogen-bond donors (Lipinski definition) is 1. The van der Waals surface area contributed by atoms with Crippen molar-refractivity contribution in [2.24, 2.45) is 11.7 Å². The molecule has 0 fully saturated rings. The smallest absolute Gasteiger partial charge is 0.325 e. The minimum atomic E-state index is -0.872. The zero-order chi connectivity index (χ0) is 11.9. The maximum atomic E-state index is 11.4. The molecule has 0 unspecified atom stereocenters. The summed E-state index contributed by atoms with van der Waals surface area (Å²) in [7, 11) is 0. The Morgan fingerprint density at radius 2 is 1.73 bits per heavy atom. The SMILES string of the molecule is CCCC(CCC)COC(=O)C(C)(C)N. The van der Waals surface area contributed by atoms with Gasteiger partial charge in [-0.3, -0.25) is 4.79 Å². The summed E-state index contributed by atoms with van der Waals surface area (Å²) in [6.45, 7) is 8.16. The van der Waals surface area contributed by atoms with Gasteiger partial charge in [0.05, 0.1) is 6.61 Å². The molecule has 0 aromatic carbocycles. The van der Waals surface area contributed by atoms with Crippen LogP contribution in [0, 0.1) is 5.92 Å². The van der Waals surface area contributed by atoms with Crippen molar-refractivity contribution in [2.45, 2.75) is 58.9 Å². The van der Waals surface area contributed by atoms with Crippen LogP contribution in [-0.4, -0.2) is 18.1 Å². The second kappa shape index (κ2) is 6.83. The Morgan fingerprint density at radius 1 is 1.27 bits per heavy atom. The number of ether oxygens (including phenoxy) is 1. The summed E-state index contributed by atoms with van der Waals surface area (Å²) in [5, 5.41) is 0. The first-order valence-electron chi connectivity index (χ1n) is 5.87. The van der Waals surface area contributed by atoms with Gasteiger partial charge in [-0.1, -0.05) is 26.7 Å². The number of carbonyl (C=O) groups excluding carboxylic acids is 1. The van der Waals surface area contributed by atoms with Crippen LogP contribution >= 0.6 is 0 Å². The van der Waals surface area contributed by atoms with E-state index in [1.807, 2.05) is 0 Å². The second-order valence-electron chi connectivity index (χ2n) is 4.76. The van der Waals surface area contributed by atoms with E-state index in [9.17, 15) is 4.79 Å². The molecule has 0 aromatic heterocycles. The third-order valence-electron chi connectivity index (χ3n) is 2.37. The molecule has 15 heavy (non-hydrogen) atoms. The summed E-state index contributed by atoms with van der Waals surface area (Å²) in [6.07, 6.45) is 4.50. The quantitative estimate of drug-likeness (QED) is 0.664. The Balaban J connectivity index is 3.93. The molecule has 0 aliphatic carbocycles. The molecule has 0 heterocycles. The minimum Gasteiger partial charge on any atom is -0.464 e. The Bertz CT molecular complexity index is 179. The van der Waals surface area contributed by atoms with Crippen molar-refractivity contribution in [1.29, 1.82) is 0 Å². The fourth-order valence-corrected chi connectivity index (χ4v) is 1.51. The van der Waals surface area contributed by atoms with Gasteiger partial charge in [0.15, 0.2) is 0 Å². The highest BCUT2D eigenvalue weighted by molar-refractivity contribution is 5.79. The fraction of sp³-hybridized carbons (Fsp3) is 0.917. The van der Waals surface area contributed by atoms with Gasteiger partial charge in [-0.2, -0.15) is 0 Å². The van der Waals surface area contributed by atoms with Crippen LogP contribution in [0.3, 0.4) is 0 Å². The molecule has 0 aliphatic rings. The molecule has 2 N–H and O–H groups in total. The monoisotopic (exact) mass is 215 g/mol. The van der Waals surface area contributed by atoms with Crippen molar-refractivity contribution in [3.63, 3.8) is 0 Å². The molecule has 90 valence electrons. The lowest BCUT2D eigenvalue weighted by atomic mass is 9.99. The van der Waals surface area contributed by atoms with Gasteiger partial charge in [-0.05, 0) is 32.6 Å². The van der Waals surface area contributed by atoms with Crippen LogP contribution in [0.1, 0.15) is 53.4 Å². The van der Waals surface area contributed by atoms with Gasteiger partial charge < -0.3 is 10.5 Å². The minimum absolute atomic E-state index is 0.306. The van der Waals surface area contributed by atoms with Gasteiger partial charge in [-0.25, -0.2) is 0 Å². The average Bonchev–Trinajstić information content (AvgIpc) is 2.12. The lowest BCUT2D eigenvalue weighted by molar-refractivity contribution is -0.150. The Morgan fingerprint density at radius 3 is 2.07 bits per heavy atom. The molecule has 0 atom stereocenters. The summed E-state index contributed by atoms with van der Waals surface area (Å²) in [5.41, 5.74) is 4.77. The number of hydrogen-bond acceptors (Lipinski definition) is 3. The predicted octanol–water partition coefficient (Wildman–Crippen LogP) is 2.48. The summed E-state index contributed by atoms with van der Waals surface area (Å²) < 4.78 is 5.21. The van der Waals surface area contributed by atoms with Gasteiger partial charge in [0.2, 0.25) is 0 Å². The van der Waals surface area contributed by atoms with E-state index < -0.39 is 5.54 Å². The number of rotatable bonds is 7. The van der Waals surface area contributed by atoms with Crippen molar-refractivity contribution >= 4 is 5.97 Å². The first-order chi connectivity index (χ1) is 6.91. The molecule has 0 spiro atoms. The number of carbonyl (C=O) groups is 1. The number of nitrogens with two attached hydrogens (primary N) is 1. The molecule has 0 rings (SSSR count). The molecule has 0 radical (unpaired) electrons. The van der Waals surface area contributed by atoms with Crippen molar-refractivity contribution in [1.82, 2.24) is 0 Å². The van der Waals surface area contributed by atoms with Gasteiger partial charge in [0, 0.05) is 0 Å². The van der Waals surface area contributed by atoms with E-state index in [-0.39, 0.29) is 5.97 Å². The molecule has 3 nitrogen and oxygen atoms in total. The van der Waals surface area contributed by atoms with Crippen LogP contribution in [0.4, 0.5) is 0 Å². The highest BCUT2D eigenvalue weighted by Crippen LogP contribution is 2.14. The van der Waals surface area contributed by atoms with E-state index in [1.165, 1.54) is 0 Å². The lowest BCUT2D eigenvalue weighted by Crippen LogP contribution is -2.43. The highest BCUT2D eigenvalue weighted by Gasteiger charge is 2.24. The summed E-state index contributed by atoms with van der Waals surface area (Å²) >= 11 is 0. The van der Waals surface area contributed by atoms with Crippen LogP contribution in [0.15, 0.2) is 0 Å². The molecular formula is C12H25NO2. The standard InChI is InChI=1S/C12H25NO2/c1-5-7-10(8-6-2)9-15-11(14)12(3,4)13/h10H,5-9,13H2,1-4H3.